The Labute approximate surface area is 141 Å². The third-order valence-electron chi connectivity index (χ3n) is 3.47. The van der Waals surface area contributed by atoms with Crippen molar-refractivity contribution in [3.8, 4) is 0 Å². The van der Waals surface area contributed by atoms with Gasteiger partial charge in [-0.3, -0.25) is 9.52 Å². The first kappa shape index (κ1) is 19.7. The highest BCUT2D eigenvalue weighted by atomic mass is 35.5. The molecule has 1 saturated heterocycles. The predicted molar refractivity (Wildman–Crippen MR) is 90.0 cm³/mol. The number of carbonyl (C=O) groups excluding carboxylic acids is 1. The second kappa shape index (κ2) is 8.47. The summed E-state index contributed by atoms with van der Waals surface area (Å²) in [7, 11) is -3.60. The number of rotatable bonds is 5. The summed E-state index contributed by atoms with van der Waals surface area (Å²) in [6.07, 6.45) is 3.06. The number of piperidine rings is 1. The zero-order valence-electron chi connectivity index (χ0n) is 12.8. The minimum absolute atomic E-state index is 0. The molecule has 2 rings (SSSR count). The predicted octanol–water partition coefficient (Wildman–Crippen LogP) is 1.35. The third-order valence-corrected chi connectivity index (χ3v) is 4.06. The molecule has 1 amide bonds. The van der Waals surface area contributed by atoms with Gasteiger partial charge in [-0.25, -0.2) is 12.8 Å². The molecule has 1 aromatic carbocycles. The first-order chi connectivity index (χ1) is 10.3. The molecule has 1 atom stereocenters. The van der Waals surface area contributed by atoms with Crippen molar-refractivity contribution < 1.29 is 17.6 Å². The van der Waals surface area contributed by atoms with Crippen LogP contribution in [0.1, 0.15) is 23.2 Å². The van der Waals surface area contributed by atoms with Crippen molar-refractivity contribution >= 4 is 34.0 Å². The lowest BCUT2D eigenvalue weighted by atomic mass is 9.99. The molecule has 1 unspecified atom stereocenters. The molecule has 23 heavy (non-hydrogen) atoms. The van der Waals surface area contributed by atoms with Gasteiger partial charge in [0.25, 0.3) is 5.91 Å². The second-order valence-corrected chi connectivity index (χ2v) is 7.24. The maximum absolute atomic E-state index is 13.6. The summed E-state index contributed by atoms with van der Waals surface area (Å²) in [6.45, 7) is 2.41. The van der Waals surface area contributed by atoms with Gasteiger partial charge in [0.05, 0.1) is 11.9 Å². The average Bonchev–Trinajstić information content (AvgIpc) is 2.47. The van der Waals surface area contributed by atoms with E-state index in [-0.39, 0.29) is 29.6 Å². The molecule has 0 bridgehead atoms. The number of amides is 1. The van der Waals surface area contributed by atoms with Crippen LogP contribution in [0.4, 0.5) is 10.1 Å². The fraction of sp³-hybridized carbons (Fsp3) is 0.500. The fourth-order valence-corrected chi connectivity index (χ4v) is 2.94. The van der Waals surface area contributed by atoms with Crippen LogP contribution in [0, 0.1) is 11.7 Å². The van der Waals surface area contributed by atoms with Crippen LogP contribution in [0.5, 0.6) is 0 Å². The number of sulfonamides is 1. The highest BCUT2D eigenvalue weighted by molar-refractivity contribution is 7.92. The smallest absolute Gasteiger partial charge is 0.251 e. The van der Waals surface area contributed by atoms with Gasteiger partial charge in [-0.15, -0.1) is 12.4 Å². The topological polar surface area (TPSA) is 87.3 Å². The molecule has 3 N–H and O–H groups in total. The van der Waals surface area contributed by atoms with Crippen molar-refractivity contribution in [3.63, 3.8) is 0 Å². The van der Waals surface area contributed by atoms with Crippen LogP contribution >= 0.6 is 12.4 Å². The van der Waals surface area contributed by atoms with E-state index in [0.29, 0.717) is 12.5 Å². The molecule has 1 fully saturated rings. The Hall–Kier alpha value is -1.38. The van der Waals surface area contributed by atoms with Crippen LogP contribution in [-0.2, 0) is 10.0 Å². The molecule has 1 aliphatic heterocycles. The Morgan fingerprint density at radius 1 is 1.43 bits per heavy atom. The number of benzene rings is 1. The van der Waals surface area contributed by atoms with Crippen molar-refractivity contribution in [1.29, 1.82) is 0 Å². The lowest BCUT2D eigenvalue weighted by Crippen LogP contribution is -2.38. The van der Waals surface area contributed by atoms with Gasteiger partial charge in [-0.1, -0.05) is 0 Å². The molecule has 0 radical (unpaired) electrons. The molecule has 1 aromatic rings. The number of halogens is 2. The van der Waals surface area contributed by atoms with Gasteiger partial charge >= 0.3 is 0 Å². The van der Waals surface area contributed by atoms with Gasteiger partial charge in [0.1, 0.15) is 5.82 Å². The molecule has 0 aromatic heterocycles. The molecule has 6 nitrogen and oxygen atoms in total. The minimum atomic E-state index is -3.60. The highest BCUT2D eigenvalue weighted by Crippen LogP contribution is 2.17. The van der Waals surface area contributed by atoms with Crippen LogP contribution < -0.4 is 15.4 Å². The Morgan fingerprint density at radius 2 is 2.17 bits per heavy atom. The van der Waals surface area contributed by atoms with Gasteiger partial charge in [0, 0.05) is 12.1 Å². The molecule has 1 aliphatic rings. The molecule has 0 aliphatic carbocycles. The normalized spacial score (nSPS) is 17.9. The highest BCUT2D eigenvalue weighted by Gasteiger charge is 2.16. The van der Waals surface area contributed by atoms with E-state index in [9.17, 15) is 17.6 Å². The number of hydrogen-bond donors (Lipinski definition) is 3. The van der Waals surface area contributed by atoms with Crippen molar-refractivity contribution in [1.82, 2.24) is 10.6 Å². The monoisotopic (exact) mass is 365 g/mol. The van der Waals surface area contributed by atoms with Crippen LogP contribution in [0.3, 0.4) is 0 Å². The van der Waals surface area contributed by atoms with E-state index < -0.39 is 15.8 Å². The van der Waals surface area contributed by atoms with E-state index in [1.165, 1.54) is 12.1 Å². The zero-order valence-corrected chi connectivity index (χ0v) is 14.4. The van der Waals surface area contributed by atoms with Crippen molar-refractivity contribution in [3.05, 3.63) is 29.6 Å². The third kappa shape index (κ3) is 6.32. The number of anilines is 1. The summed E-state index contributed by atoms with van der Waals surface area (Å²) < 4.78 is 38.0. The summed E-state index contributed by atoms with van der Waals surface area (Å²) in [5.41, 5.74) is -0.00852. The zero-order chi connectivity index (χ0) is 16.2. The lowest BCUT2D eigenvalue weighted by Gasteiger charge is -2.22. The second-order valence-electron chi connectivity index (χ2n) is 5.49. The van der Waals surface area contributed by atoms with Crippen LogP contribution in [0.25, 0.3) is 0 Å². The molecule has 1 heterocycles. The quantitative estimate of drug-likeness (QED) is 0.735. The summed E-state index contributed by atoms with van der Waals surface area (Å²) in [5.74, 6) is -0.688. The fourth-order valence-electron chi connectivity index (χ4n) is 2.38. The Bertz CT molecular complexity index is 649. The van der Waals surface area contributed by atoms with Gasteiger partial charge in [0.2, 0.25) is 10.0 Å². The number of hydrogen-bond acceptors (Lipinski definition) is 4. The lowest BCUT2D eigenvalue weighted by molar-refractivity contribution is 0.0945. The van der Waals surface area contributed by atoms with Gasteiger partial charge < -0.3 is 10.6 Å². The van der Waals surface area contributed by atoms with E-state index in [0.717, 1.165) is 38.3 Å². The maximum atomic E-state index is 13.6. The largest absolute Gasteiger partial charge is 0.352 e. The average molecular weight is 366 g/mol. The van der Waals surface area contributed by atoms with Crippen molar-refractivity contribution in [2.75, 3.05) is 30.6 Å². The van der Waals surface area contributed by atoms with Crippen molar-refractivity contribution in [2.45, 2.75) is 12.8 Å². The van der Waals surface area contributed by atoms with E-state index in [2.05, 4.69) is 15.4 Å². The standard InChI is InChI=1S/C14H20FN3O3S.ClH/c1-22(20,21)18-13-7-11(4-5-12(13)15)14(19)17-9-10-3-2-6-16-8-10;/h4-5,7,10,16,18H,2-3,6,8-9H2,1H3,(H,17,19);1H. The minimum Gasteiger partial charge on any atom is -0.352 e. The molecule has 0 saturated carbocycles. The molecule has 0 spiro atoms. The first-order valence-electron chi connectivity index (χ1n) is 7.11. The number of nitrogens with one attached hydrogen (secondary N) is 3. The Kier molecular flexibility index (Phi) is 7.24. The SMILES string of the molecule is CS(=O)(=O)Nc1cc(C(=O)NCC2CCCNC2)ccc1F.Cl. The first-order valence-corrected chi connectivity index (χ1v) is 9.00. The maximum Gasteiger partial charge on any atom is 0.251 e. The van der Waals surface area contributed by atoms with Gasteiger partial charge in [-0.2, -0.15) is 0 Å². The molecular weight excluding hydrogens is 345 g/mol. The van der Waals surface area contributed by atoms with E-state index in [4.69, 9.17) is 0 Å². The summed E-state index contributed by atoms with van der Waals surface area (Å²) in [4.78, 5) is 12.1. The summed E-state index contributed by atoms with van der Waals surface area (Å²) >= 11 is 0. The van der Waals surface area contributed by atoms with Crippen LogP contribution in [0.15, 0.2) is 18.2 Å². The van der Waals surface area contributed by atoms with E-state index in [1.807, 2.05) is 0 Å². The molecule has 130 valence electrons. The van der Waals surface area contributed by atoms with Gasteiger partial charge in [0.15, 0.2) is 0 Å². The summed E-state index contributed by atoms with van der Waals surface area (Å²) in [5, 5.41) is 6.06. The van der Waals surface area contributed by atoms with Gasteiger partial charge in [-0.05, 0) is 50.0 Å². The molecular formula is C14H21ClFN3O3S. The van der Waals surface area contributed by atoms with E-state index in [1.54, 1.807) is 0 Å². The summed E-state index contributed by atoms with van der Waals surface area (Å²) in [6, 6.07) is 3.60. The van der Waals surface area contributed by atoms with Crippen LogP contribution in [0.2, 0.25) is 0 Å². The Balaban J connectivity index is 0.00000264. The van der Waals surface area contributed by atoms with Crippen molar-refractivity contribution in [2.24, 2.45) is 5.92 Å². The van der Waals surface area contributed by atoms with Crippen LogP contribution in [-0.4, -0.2) is 40.2 Å². The molecule has 9 heteroatoms. The van der Waals surface area contributed by atoms with E-state index >= 15 is 0 Å². The Morgan fingerprint density at radius 3 is 2.78 bits per heavy atom. The number of carbonyl (C=O) groups is 1.